The van der Waals surface area contributed by atoms with Crippen molar-refractivity contribution in [2.24, 2.45) is 29.6 Å². The van der Waals surface area contributed by atoms with Crippen molar-refractivity contribution in [2.45, 2.75) is 22.6 Å². The number of carbonyl (C=O) groups excluding carboxylic acids is 2. The minimum atomic E-state index is -0.394. The largest absolute Gasteiger partial charge is 0.307 e. The number of anilines is 1. The summed E-state index contributed by atoms with van der Waals surface area (Å²) in [6, 6.07) is 9.73. The number of hydrogen-bond donors (Lipinski definition) is 1. The van der Waals surface area contributed by atoms with Gasteiger partial charge in [-0.1, -0.05) is 17.4 Å². The zero-order valence-electron chi connectivity index (χ0n) is 16.6. The molecule has 7 atom stereocenters. The maximum Gasteiger partial charge on any atom is 0.305 e. The third kappa shape index (κ3) is 2.42. The van der Waals surface area contributed by atoms with Crippen LogP contribution >= 0.6 is 34.4 Å². The Kier molecular flexibility index (Phi) is 4.00. The number of aromatic amines is 1. The number of carbonyl (C=O) groups is 2. The fourth-order valence-corrected chi connectivity index (χ4v) is 10.5. The Morgan fingerprint density at radius 1 is 1.00 bits per heavy atom. The number of aromatic nitrogens is 1. The molecule has 2 aliphatic carbocycles. The lowest BCUT2D eigenvalue weighted by molar-refractivity contribution is -0.123. The minimum Gasteiger partial charge on any atom is -0.307 e. The lowest BCUT2D eigenvalue weighted by Crippen LogP contribution is -2.42. The molecule has 9 heteroatoms. The molecule has 3 aromatic rings. The fourth-order valence-electron chi connectivity index (χ4n) is 6.65. The first kappa shape index (κ1) is 19.3. The van der Waals surface area contributed by atoms with E-state index in [1.807, 2.05) is 6.07 Å². The number of hydrogen-bond acceptors (Lipinski definition) is 6. The molecule has 32 heavy (non-hydrogen) atoms. The summed E-state index contributed by atoms with van der Waals surface area (Å²) in [5, 5.41) is 3.17. The monoisotopic (exact) mass is 484 g/mol. The van der Waals surface area contributed by atoms with Gasteiger partial charge in [0.15, 0.2) is 0 Å². The summed E-state index contributed by atoms with van der Waals surface area (Å²) >= 11 is 4.65. The quantitative estimate of drug-likeness (QED) is 0.550. The summed E-state index contributed by atoms with van der Waals surface area (Å²) in [5.41, 5.74) is 0.448. The van der Waals surface area contributed by atoms with Crippen LogP contribution in [0, 0.1) is 35.4 Å². The first-order chi connectivity index (χ1) is 15.5. The number of imide groups is 1. The maximum atomic E-state index is 13.5. The van der Waals surface area contributed by atoms with Gasteiger partial charge in [0.1, 0.15) is 5.82 Å². The van der Waals surface area contributed by atoms with Gasteiger partial charge in [-0.25, -0.2) is 4.39 Å². The van der Waals surface area contributed by atoms with Gasteiger partial charge in [-0.3, -0.25) is 19.3 Å². The van der Waals surface area contributed by atoms with Crippen LogP contribution in [0.25, 0.3) is 0 Å². The van der Waals surface area contributed by atoms with Crippen LogP contribution < -0.4 is 9.77 Å². The van der Waals surface area contributed by atoms with Crippen molar-refractivity contribution in [1.29, 1.82) is 0 Å². The number of halogens is 1. The summed E-state index contributed by atoms with van der Waals surface area (Å²) in [6.45, 7) is 0. The highest BCUT2D eigenvalue weighted by Crippen LogP contribution is 2.68. The Labute approximate surface area is 194 Å². The molecule has 1 aromatic carbocycles. The summed E-state index contributed by atoms with van der Waals surface area (Å²) in [7, 11) is 0. The van der Waals surface area contributed by atoms with Crippen molar-refractivity contribution in [3.05, 3.63) is 67.0 Å². The number of thiazole rings is 1. The predicted octanol–water partition coefficient (Wildman–Crippen LogP) is 4.31. The fraction of sp³-hybridized carbons (Fsp3) is 0.348. The molecule has 4 heterocycles. The summed E-state index contributed by atoms with van der Waals surface area (Å²) in [5.74, 6) is -0.873. The van der Waals surface area contributed by atoms with Crippen LogP contribution in [0.15, 0.2) is 51.6 Å². The van der Waals surface area contributed by atoms with E-state index in [-0.39, 0.29) is 57.4 Å². The van der Waals surface area contributed by atoms with E-state index in [2.05, 4.69) is 16.4 Å². The Bertz CT molecular complexity index is 1310. The first-order valence-electron chi connectivity index (χ1n) is 10.6. The molecule has 2 bridgehead atoms. The standard InChI is InChI=1S/C23H17FN2O3S3/c24-9-3-5-10(6-4-9)26-21(27)15-11-8-12(16(15)22(26)28)18-14(11)17(13-2-1-7-30-13)19-20(31-18)25-23(29)32-19/h1-7,11-12,14-18H,8H2,(H,25,29)/t11-,12-,14+,15+,16+,17+,18-/m1/s1. The molecule has 162 valence electrons. The Hall–Kier alpha value is -2.23. The van der Waals surface area contributed by atoms with Crippen molar-refractivity contribution < 1.29 is 14.0 Å². The minimum absolute atomic E-state index is 0.0498. The van der Waals surface area contributed by atoms with Gasteiger partial charge >= 0.3 is 4.87 Å². The molecule has 5 nitrogen and oxygen atoms in total. The van der Waals surface area contributed by atoms with Crippen molar-refractivity contribution in [1.82, 2.24) is 4.98 Å². The lowest BCUT2D eigenvalue weighted by atomic mass is 9.69. The average Bonchev–Trinajstić information content (AvgIpc) is 3.57. The second-order valence-electron chi connectivity index (χ2n) is 8.96. The molecule has 0 unspecified atom stereocenters. The Balaban J connectivity index is 1.32. The van der Waals surface area contributed by atoms with Crippen molar-refractivity contribution >= 4 is 51.9 Å². The highest BCUT2D eigenvalue weighted by Gasteiger charge is 2.69. The number of thiophene rings is 1. The van der Waals surface area contributed by atoms with Gasteiger partial charge < -0.3 is 4.98 Å². The summed E-state index contributed by atoms with van der Waals surface area (Å²) in [4.78, 5) is 45.7. The van der Waals surface area contributed by atoms with E-state index in [0.717, 1.165) is 16.3 Å². The van der Waals surface area contributed by atoms with Crippen LogP contribution in [-0.2, 0) is 9.59 Å². The van der Waals surface area contributed by atoms with E-state index < -0.39 is 5.82 Å². The zero-order valence-corrected chi connectivity index (χ0v) is 19.0. The number of fused-ring (bicyclic) bond motifs is 9. The number of amides is 2. The van der Waals surface area contributed by atoms with E-state index in [0.29, 0.717) is 5.69 Å². The number of benzene rings is 1. The van der Waals surface area contributed by atoms with Gasteiger partial charge in [-0.05, 0) is 59.9 Å². The van der Waals surface area contributed by atoms with Crippen LogP contribution in [0.1, 0.15) is 22.1 Å². The molecule has 2 aliphatic heterocycles. The second-order valence-corrected chi connectivity index (χ2v) is 12.1. The van der Waals surface area contributed by atoms with Gasteiger partial charge in [-0.2, -0.15) is 0 Å². The number of H-pyrrole nitrogens is 1. The van der Waals surface area contributed by atoms with Crippen molar-refractivity contribution in [2.75, 3.05) is 4.90 Å². The maximum absolute atomic E-state index is 13.5. The molecular formula is C23H17FN2O3S3. The number of nitrogens with zero attached hydrogens (tertiary/aromatic N) is 1. The molecule has 1 N–H and O–H groups in total. The number of thioether (sulfide) groups is 1. The molecule has 0 radical (unpaired) electrons. The van der Waals surface area contributed by atoms with Crippen LogP contribution in [0.4, 0.5) is 10.1 Å². The van der Waals surface area contributed by atoms with Gasteiger partial charge in [0, 0.05) is 20.9 Å². The smallest absolute Gasteiger partial charge is 0.305 e. The summed E-state index contributed by atoms with van der Waals surface area (Å²) in [6.07, 6.45) is 0.869. The average molecular weight is 485 g/mol. The predicted molar refractivity (Wildman–Crippen MR) is 122 cm³/mol. The van der Waals surface area contributed by atoms with E-state index in [4.69, 9.17) is 0 Å². The third-order valence-electron chi connectivity index (χ3n) is 7.66. The molecule has 4 aliphatic rings. The van der Waals surface area contributed by atoms with Gasteiger partial charge in [0.2, 0.25) is 11.8 Å². The van der Waals surface area contributed by atoms with Gasteiger partial charge in [0.25, 0.3) is 0 Å². The van der Waals surface area contributed by atoms with Crippen LogP contribution in [-0.4, -0.2) is 22.0 Å². The van der Waals surface area contributed by atoms with E-state index >= 15 is 0 Å². The normalized spacial score (nSPS) is 34.7. The molecule has 2 saturated carbocycles. The topological polar surface area (TPSA) is 70.2 Å². The highest BCUT2D eigenvalue weighted by molar-refractivity contribution is 8.00. The van der Waals surface area contributed by atoms with Crippen LogP contribution in [0.2, 0.25) is 0 Å². The second kappa shape index (κ2) is 6.65. The van der Waals surface area contributed by atoms with E-state index in [9.17, 15) is 18.8 Å². The Morgan fingerprint density at radius 3 is 2.47 bits per heavy atom. The molecule has 2 aromatic heterocycles. The van der Waals surface area contributed by atoms with Crippen LogP contribution in [0.3, 0.4) is 0 Å². The Morgan fingerprint density at radius 2 is 1.75 bits per heavy atom. The summed E-state index contributed by atoms with van der Waals surface area (Å²) < 4.78 is 13.4. The third-order valence-corrected chi connectivity index (χ3v) is 11.2. The van der Waals surface area contributed by atoms with Crippen LogP contribution in [0.5, 0.6) is 0 Å². The lowest BCUT2D eigenvalue weighted by Gasteiger charge is -2.42. The molecule has 3 fully saturated rings. The molecule has 1 saturated heterocycles. The number of nitrogens with one attached hydrogen (secondary N) is 1. The molecule has 0 spiro atoms. The highest BCUT2D eigenvalue weighted by atomic mass is 32.2. The molecule has 2 amide bonds. The molecule has 7 rings (SSSR count). The van der Waals surface area contributed by atoms with E-state index in [1.165, 1.54) is 45.4 Å². The van der Waals surface area contributed by atoms with Crippen molar-refractivity contribution in [3.8, 4) is 0 Å². The van der Waals surface area contributed by atoms with Gasteiger partial charge in [0.05, 0.1) is 22.5 Å². The SMILES string of the molecule is O=C1[C@H]2[C@H]3C[C@@H]([C@@H]2C(=O)N1c1ccc(F)cc1)[C@H]1[C@H](c2cccs2)c2sc(=O)[nH]c2S[C@H]31. The zero-order chi connectivity index (χ0) is 21.7. The molecular weight excluding hydrogens is 467 g/mol. The van der Waals surface area contributed by atoms with E-state index in [1.54, 1.807) is 23.1 Å². The number of rotatable bonds is 2. The van der Waals surface area contributed by atoms with Gasteiger partial charge in [-0.15, -0.1) is 23.1 Å². The first-order valence-corrected chi connectivity index (χ1v) is 13.2. The van der Waals surface area contributed by atoms with Crippen molar-refractivity contribution in [3.63, 3.8) is 0 Å².